The summed E-state index contributed by atoms with van der Waals surface area (Å²) in [7, 11) is 3.56. The maximum absolute atomic E-state index is 13.2. The number of nitrogens with zero attached hydrogens (tertiary/aromatic N) is 3. The first-order valence-electron chi connectivity index (χ1n) is 7.08. The largest absolute Gasteiger partial charge is 0.497 e. The van der Waals surface area contributed by atoms with Gasteiger partial charge in [-0.25, -0.2) is 4.39 Å². The summed E-state index contributed by atoms with van der Waals surface area (Å²) >= 11 is 1.53. The minimum atomic E-state index is -0.222. The Morgan fingerprint density at radius 2 is 1.91 bits per heavy atom. The predicted molar refractivity (Wildman–Crippen MR) is 89.0 cm³/mol. The van der Waals surface area contributed by atoms with E-state index in [9.17, 15) is 4.39 Å². The van der Waals surface area contributed by atoms with Crippen molar-refractivity contribution in [1.82, 2.24) is 14.8 Å². The van der Waals surface area contributed by atoms with Crippen molar-refractivity contribution in [1.29, 1.82) is 0 Å². The second-order valence-electron chi connectivity index (χ2n) is 5.01. The van der Waals surface area contributed by atoms with E-state index in [1.165, 1.54) is 23.9 Å². The minimum Gasteiger partial charge on any atom is -0.497 e. The maximum atomic E-state index is 13.2. The zero-order chi connectivity index (χ0) is 16.2. The number of methoxy groups -OCH3 is 1. The summed E-state index contributed by atoms with van der Waals surface area (Å²) in [6, 6.07) is 14.3. The van der Waals surface area contributed by atoms with E-state index in [4.69, 9.17) is 4.74 Å². The summed E-state index contributed by atoms with van der Waals surface area (Å²) in [5.41, 5.74) is 1.89. The van der Waals surface area contributed by atoms with Crippen molar-refractivity contribution < 1.29 is 9.13 Å². The number of aromatic nitrogens is 3. The number of rotatable bonds is 5. The van der Waals surface area contributed by atoms with Crippen LogP contribution in [0.2, 0.25) is 0 Å². The zero-order valence-electron chi connectivity index (χ0n) is 12.9. The Balaban J connectivity index is 1.76. The van der Waals surface area contributed by atoms with E-state index in [0.717, 1.165) is 27.9 Å². The SMILES string of the molecule is COc1ccc(-c2nnc(SCc3cccc(F)c3)n2C)cc1. The van der Waals surface area contributed by atoms with Crippen LogP contribution in [0.15, 0.2) is 53.7 Å². The smallest absolute Gasteiger partial charge is 0.191 e. The van der Waals surface area contributed by atoms with Gasteiger partial charge in [0.25, 0.3) is 0 Å². The lowest BCUT2D eigenvalue weighted by Crippen LogP contribution is -1.95. The Bertz CT molecular complexity index is 802. The molecule has 2 aromatic carbocycles. The Morgan fingerprint density at radius 3 is 2.61 bits per heavy atom. The molecule has 0 amide bonds. The van der Waals surface area contributed by atoms with Gasteiger partial charge < -0.3 is 9.30 Å². The molecule has 0 aliphatic rings. The van der Waals surface area contributed by atoms with Gasteiger partial charge in [-0.05, 0) is 42.0 Å². The van der Waals surface area contributed by atoms with Crippen LogP contribution in [0.4, 0.5) is 4.39 Å². The number of halogens is 1. The molecule has 118 valence electrons. The monoisotopic (exact) mass is 329 g/mol. The first kappa shape index (κ1) is 15.6. The molecule has 23 heavy (non-hydrogen) atoms. The fraction of sp³-hybridized carbons (Fsp3) is 0.176. The summed E-state index contributed by atoms with van der Waals surface area (Å²) in [5, 5.41) is 9.26. The van der Waals surface area contributed by atoms with E-state index >= 15 is 0 Å². The van der Waals surface area contributed by atoms with Gasteiger partial charge in [0.15, 0.2) is 11.0 Å². The number of hydrogen-bond acceptors (Lipinski definition) is 4. The van der Waals surface area contributed by atoms with Crippen LogP contribution in [0.5, 0.6) is 5.75 Å². The molecule has 0 spiro atoms. The quantitative estimate of drug-likeness (QED) is 0.665. The summed E-state index contributed by atoms with van der Waals surface area (Å²) in [6.07, 6.45) is 0. The molecule has 0 saturated heterocycles. The van der Waals surface area contributed by atoms with E-state index in [0.29, 0.717) is 5.75 Å². The van der Waals surface area contributed by atoms with Crippen LogP contribution in [-0.2, 0) is 12.8 Å². The standard InChI is InChI=1S/C17H16FN3OS/c1-21-16(13-6-8-15(22-2)9-7-13)19-20-17(21)23-11-12-4-3-5-14(18)10-12/h3-10H,11H2,1-2H3. The molecular formula is C17H16FN3OS. The molecule has 1 aromatic heterocycles. The van der Waals surface area contributed by atoms with Crippen LogP contribution in [0, 0.1) is 5.82 Å². The first-order chi connectivity index (χ1) is 11.2. The van der Waals surface area contributed by atoms with Crippen LogP contribution >= 0.6 is 11.8 Å². The molecule has 0 radical (unpaired) electrons. The van der Waals surface area contributed by atoms with Crippen molar-refractivity contribution >= 4 is 11.8 Å². The minimum absolute atomic E-state index is 0.222. The lowest BCUT2D eigenvalue weighted by atomic mass is 10.2. The number of benzene rings is 2. The second kappa shape index (κ2) is 6.83. The lowest BCUT2D eigenvalue weighted by Gasteiger charge is -2.05. The van der Waals surface area contributed by atoms with Gasteiger partial charge in [-0.15, -0.1) is 10.2 Å². The van der Waals surface area contributed by atoms with Crippen LogP contribution in [0.1, 0.15) is 5.56 Å². The van der Waals surface area contributed by atoms with Gasteiger partial charge in [0.2, 0.25) is 0 Å². The molecule has 1 heterocycles. The van der Waals surface area contributed by atoms with E-state index in [-0.39, 0.29) is 5.82 Å². The van der Waals surface area contributed by atoms with Gasteiger partial charge in [-0.3, -0.25) is 0 Å². The van der Waals surface area contributed by atoms with Crippen molar-refractivity contribution in [3.05, 3.63) is 59.9 Å². The van der Waals surface area contributed by atoms with Crippen LogP contribution < -0.4 is 4.74 Å². The number of hydrogen-bond donors (Lipinski definition) is 0. The van der Waals surface area contributed by atoms with Crippen molar-refractivity contribution in [2.24, 2.45) is 7.05 Å². The van der Waals surface area contributed by atoms with Crippen LogP contribution in [0.25, 0.3) is 11.4 Å². The van der Waals surface area contributed by atoms with Gasteiger partial charge in [-0.1, -0.05) is 23.9 Å². The molecule has 0 saturated carbocycles. The highest BCUT2D eigenvalue weighted by atomic mass is 32.2. The third-order valence-electron chi connectivity index (χ3n) is 3.44. The van der Waals surface area contributed by atoms with E-state index in [1.54, 1.807) is 13.2 Å². The van der Waals surface area contributed by atoms with E-state index < -0.39 is 0 Å². The van der Waals surface area contributed by atoms with Crippen LogP contribution in [0.3, 0.4) is 0 Å². The Morgan fingerprint density at radius 1 is 1.13 bits per heavy atom. The molecule has 0 aliphatic heterocycles. The van der Waals surface area contributed by atoms with Crippen molar-refractivity contribution in [2.45, 2.75) is 10.9 Å². The molecule has 3 rings (SSSR count). The second-order valence-corrected chi connectivity index (χ2v) is 5.95. The molecule has 0 N–H and O–H groups in total. The first-order valence-corrected chi connectivity index (χ1v) is 8.07. The molecule has 4 nitrogen and oxygen atoms in total. The van der Waals surface area contributed by atoms with E-state index in [2.05, 4.69) is 10.2 Å². The summed E-state index contributed by atoms with van der Waals surface area (Å²) in [4.78, 5) is 0. The van der Waals surface area contributed by atoms with Gasteiger partial charge in [0.1, 0.15) is 11.6 Å². The topological polar surface area (TPSA) is 39.9 Å². The summed E-state index contributed by atoms with van der Waals surface area (Å²) in [6.45, 7) is 0. The highest BCUT2D eigenvalue weighted by molar-refractivity contribution is 7.98. The number of thioether (sulfide) groups is 1. The molecular weight excluding hydrogens is 313 g/mol. The third kappa shape index (κ3) is 3.53. The van der Waals surface area contributed by atoms with Crippen molar-refractivity contribution in [3.63, 3.8) is 0 Å². The van der Waals surface area contributed by atoms with Gasteiger partial charge in [0, 0.05) is 18.4 Å². The molecule has 0 atom stereocenters. The molecule has 3 aromatic rings. The average molecular weight is 329 g/mol. The van der Waals surface area contributed by atoms with Crippen molar-refractivity contribution in [2.75, 3.05) is 7.11 Å². The Kier molecular flexibility index (Phi) is 4.62. The van der Waals surface area contributed by atoms with E-state index in [1.807, 2.05) is 41.9 Å². The van der Waals surface area contributed by atoms with Gasteiger partial charge in [0.05, 0.1) is 7.11 Å². The molecule has 6 heteroatoms. The fourth-order valence-corrected chi connectivity index (χ4v) is 3.06. The molecule has 0 aliphatic carbocycles. The Labute approximate surface area is 138 Å². The number of ether oxygens (including phenoxy) is 1. The normalized spacial score (nSPS) is 10.7. The fourth-order valence-electron chi connectivity index (χ4n) is 2.21. The molecule has 0 bridgehead atoms. The zero-order valence-corrected chi connectivity index (χ0v) is 13.7. The van der Waals surface area contributed by atoms with Gasteiger partial charge in [-0.2, -0.15) is 0 Å². The highest BCUT2D eigenvalue weighted by Crippen LogP contribution is 2.26. The summed E-state index contributed by atoms with van der Waals surface area (Å²) < 4.78 is 20.3. The highest BCUT2D eigenvalue weighted by Gasteiger charge is 2.11. The average Bonchev–Trinajstić information content (AvgIpc) is 2.94. The maximum Gasteiger partial charge on any atom is 0.191 e. The Hall–Kier alpha value is -2.34. The summed E-state index contributed by atoms with van der Waals surface area (Å²) in [5.74, 6) is 2.01. The van der Waals surface area contributed by atoms with Gasteiger partial charge >= 0.3 is 0 Å². The van der Waals surface area contributed by atoms with Crippen LogP contribution in [-0.4, -0.2) is 21.9 Å². The predicted octanol–water partition coefficient (Wildman–Crippen LogP) is 3.92. The third-order valence-corrected chi connectivity index (χ3v) is 4.53. The van der Waals surface area contributed by atoms with Crippen molar-refractivity contribution in [3.8, 4) is 17.1 Å². The molecule has 0 fully saturated rings. The lowest BCUT2D eigenvalue weighted by molar-refractivity contribution is 0.415. The molecule has 0 unspecified atom stereocenters.